The number of nitrogens with two attached hydrogens (primary N) is 1. The summed E-state index contributed by atoms with van der Waals surface area (Å²) in [5.74, 6) is 1.11. The smallest absolute Gasteiger partial charge is 0.259 e. The Bertz CT molecular complexity index is 900. The minimum Gasteiger partial charge on any atom is -0.493 e. The topological polar surface area (TPSA) is 81.0 Å². The van der Waals surface area contributed by atoms with Crippen molar-refractivity contribution in [3.05, 3.63) is 52.3 Å². The highest BCUT2D eigenvalue weighted by Gasteiger charge is 2.12. The molecule has 0 saturated carbocycles. The SMILES string of the molecule is CCOc1ccc(N)cc1-c1nc2c(C)cccc2c(=O)[nH]1. The third-order valence-corrected chi connectivity index (χ3v) is 3.50. The van der Waals surface area contributed by atoms with Gasteiger partial charge in [-0.15, -0.1) is 0 Å². The van der Waals surface area contributed by atoms with Crippen LogP contribution in [0.25, 0.3) is 22.3 Å². The molecule has 0 aliphatic heterocycles. The number of H-pyrrole nitrogens is 1. The van der Waals surface area contributed by atoms with Gasteiger partial charge < -0.3 is 15.5 Å². The number of rotatable bonds is 3. The van der Waals surface area contributed by atoms with Crippen LogP contribution in [0.4, 0.5) is 5.69 Å². The van der Waals surface area contributed by atoms with Crippen LogP contribution in [-0.4, -0.2) is 16.6 Å². The van der Waals surface area contributed by atoms with Crippen LogP contribution in [0.15, 0.2) is 41.2 Å². The molecule has 0 spiro atoms. The number of aromatic amines is 1. The van der Waals surface area contributed by atoms with Gasteiger partial charge in [-0.3, -0.25) is 4.79 Å². The van der Waals surface area contributed by atoms with Crippen LogP contribution in [0, 0.1) is 6.92 Å². The predicted octanol–water partition coefficient (Wildman–Crippen LogP) is 2.88. The fraction of sp³-hybridized carbons (Fsp3) is 0.176. The summed E-state index contributed by atoms with van der Waals surface area (Å²) in [5.41, 5.74) is 8.60. The number of hydrogen-bond donors (Lipinski definition) is 2. The highest BCUT2D eigenvalue weighted by Crippen LogP contribution is 2.30. The summed E-state index contributed by atoms with van der Waals surface area (Å²) < 4.78 is 5.61. The van der Waals surface area contributed by atoms with Crippen molar-refractivity contribution >= 4 is 16.6 Å². The Morgan fingerprint density at radius 3 is 2.86 bits per heavy atom. The third-order valence-electron chi connectivity index (χ3n) is 3.50. The molecule has 2 aromatic carbocycles. The van der Waals surface area contributed by atoms with Crippen molar-refractivity contribution in [3.8, 4) is 17.1 Å². The molecule has 0 saturated heterocycles. The zero-order chi connectivity index (χ0) is 15.7. The number of fused-ring (bicyclic) bond motifs is 1. The number of para-hydroxylation sites is 1. The van der Waals surface area contributed by atoms with E-state index in [4.69, 9.17) is 10.5 Å². The van der Waals surface area contributed by atoms with Crippen molar-refractivity contribution in [1.29, 1.82) is 0 Å². The van der Waals surface area contributed by atoms with E-state index in [0.717, 1.165) is 5.56 Å². The van der Waals surface area contributed by atoms with Crippen LogP contribution < -0.4 is 16.0 Å². The van der Waals surface area contributed by atoms with Crippen LogP contribution in [0.3, 0.4) is 0 Å². The fourth-order valence-electron chi connectivity index (χ4n) is 2.45. The van der Waals surface area contributed by atoms with E-state index in [1.54, 1.807) is 24.3 Å². The number of anilines is 1. The van der Waals surface area contributed by atoms with Gasteiger partial charge in [0.1, 0.15) is 11.6 Å². The average molecular weight is 295 g/mol. The number of hydrogen-bond acceptors (Lipinski definition) is 4. The maximum absolute atomic E-state index is 12.3. The molecule has 1 aromatic heterocycles. The van der Waals surface area contributed by atoms with E-state index in [1.165, 1.54) is 0 Å². The molecule has 0 aliphatic rings. The first-order valence-electron chi connectivity index (χ1n) is 7.12. The first-order valence-corrected chi connectivity index (χ1v) is 7.12. The first kappa shape index (κ1) is 14.1. The molecule has 0 aliphatic carbocycles. The molecule has 3 aromatic rings. The number of benzene rings is 2. The third kappa shape index (κ3) is 2.41. The molecule has 0 fully saturated rings. The van der Waals surface area contributed by atoms with E-state index in [1.807, 2.05) is 26.0 Å². The predicted molar refractivity (Wildman–Crippen MR) is 88.1 cm³/mol. The molecule has 112 valence electrons. The highest BCUT2D eigenvalue weighted by atomic mass is 16.5. The van der Waals surface area contributed by atoms with Gasteiger partial charge in [-0.05, 0) is 43.7 Å². The largest absolute Gasteiger partial charge is 0.493 e. The van der Waals surface area contributed by atoms with E-state index in [-0.39, 0.29) is 5.56 Å². The second-order valence-electron chi connectivity index (χ2n) is 5.07. The lowest BCUT2D eigenvalue weighted by Crippen LogP contribution is -2.11. The molecular weight excluding hydrogens is 278 g/mol. The summed E-state index contributed by atoms with van der Waals surface area (Å²) >= 11 is 0. The monoisotopic (exact) mass is 295 g/mol. The average Bonchev–Trinajstić information content (AvgIpc) is 2.50. The Kier molecular flexibility index (Phi) is 3.55. The molecular formula is C17H17N3O2. The van der Waals surface area contributed by atoms with E-state index in [0.29, 0.717) is 40.3 Å². The quantitative estimate of drug-likeness (QED) is 0.728. The maximum atomic E-state index is 12.3. The van der Waals surface area contributed by atoms with Crippen molar-refractivity contribution in [3.63, 3.8) is 0 Å². The van der Waals surface area contributed by atoms with Crippen LogP contribution >= 0.6 is 0 Å². The summed E-state index contributed by atoms with van der Waals surface area (Å²) in [4.78, 5) is 19.7. The van der Waals surface area contributed by atoms with Crippen molar-refractivity contribution in [1.82, 2.24) is 9.97 Å². The number of aromatic nitrogens is 2. The van der Waals surface area contributed by atoms with Crippen LogP contribution in [0.1, 0.15) is 12.5 Å². The second kappa shape index (κ2) is 5.52. The van der Waals surface area contributed by atoms with E-state index >= 15 is 0 Å². The Morgan fingerprint density at radius 2 is 2.09 bits per heavy atom. The van der Waals surface area contributed by atoms with Gasteiger partial charge in [-0.25, -0.2) is 4.98 Å². The summed E-state index contributed by atoms with van der Waals surface area (Å²) in [5, 5.41) is 0.575. The lowest BCUT2D eigenvalue weighted by molar-refractivity contribution is 0.341. The van der Waals surface area contributed by atoms with Gasteiger partial charge in [0.15, 0.2) is 0 Å². The van der Waals surface area contributed by atoms with Gasteiger partial charge in [0, 0.05) is 5.69 Å². The second-order valence-corrected chi connectivity index (χ2v) is 5.07. The van der Waals surface area contributed by atoms with Gasteiger partial charge in [0.25, 0.3) is 5.56 Å². The Morgan fingerprint density at radius 1 is 1.27 bits per heavy atom. The molecule has 0 atom stereocenters. The first-order chi connectivity index (χ1) is 10.6. The molecule has 0 amide bonds. The minimum atomic E-state index is -0.173. The van der Waals surface area contributed by atoms with Crippen molar-refractivity contribution in [2.75, 3.05) is 12.3 Å². The summed E-state index contributed by atoms with van der Waals surface area (Å²) in [6.45, 7) is 4.36. The van der Waals surface area contributed by atoms with E-state index in [2.05, 4.69) is 9.97 Å². The molecule has 3 N–H and O–H groups in total. The standard InChI is InChI=1S/C17H17N3O2/c1-3-22-14-8-7-11(18)9-13(14)16-19-15-10(2)5-4-6-12(15)17(21)20-16/h4-9H,3,18H2,1-2H3,(H,19,20,21). The fourth-order valence-corrected chi connectivity index (χ4v) is 2.45. The van der Waals surface area contributed by atoms with Gasteiger partial charge in [0.2, 0.25) is 0 Å². The Balaban J connectivity index is 2.29. The van der Waals surface area contributed by atoms with E-state index < -0.39 is 0 Å². The van der Waals surface area contributed by atoms with Gasteiger partial charge >= 0.3 is 0 Å². The minimum absolute atomic E-state index is 0.173. The molecule has 0 unspecified atom stereocenters. The number of nitrogen functional groups attached to an aromatic ring is 1. The molecule has 5 nitrogen and oxygen atoms in total. The molecule has 3 rings (SSSR count). The van der Waals surface area contributed by atoms with Gasteiger partial charge in [0.05, 0.1) is 23.1 Å². The molecule has 1 heterocycles. The lowest BCUT2D eigenvalue weighted by Gasteiger charge is -2.11. The van der Waals surface area contributed by atoms with Crippen LogP contribution in [0.5, 0.6) is 5.75 Å². The molecule has 0 radical (unpaired) electrons. The zero-order valence-electron chi connectivity index (χ0n) is 12.5. The number of nitrogens with zero attached hydrogens (tertiary/aromatic N) is 1. The summed E-state index contributed by atoms with van der Waals surface area (Å²) in [6, 6.07) is 10.9. The van der Waals surface area contributed by atoms with Gasteiger partial charge in [-0.1, -0.05) is 12.1 Å². The maximum Gasteiger partial charge on any atom is 0.259 e. The molecule has 0 bridgehead atoms. The van der Waals surface area contributed by atoms with Crippen LogP contribution in [-0.2, 0) is 0 Å². The normalized spacial score (nSPS) is 10.8. The van der Waals surface area contributed by atoms with E-state index in [9.17, 15) is 4.79 Å². The summed E-state index contributed by atoms with van der Waals surface area (Å²) in [7, 11) is 0. The van der Waals surface area contributed by atoms with Crippen molar-refractivity contribution in [2.45, 2.75) is 13.8 Å². The van der Waals surface area contributed by atoms with Crippen LogP contribution in [0.2, 0.25) is 0 Å². The Hall–Kier alpha value is -2.82. The lowest BCUT2D eigenvalue weighted by atomic mass is 10.1. The number of aryl methyl sites for hydroxylation is 1. The van der Waals surface area contributed by atoms with Gasteiger partial charge in [-0.2, -0.15) is 0 Å². The number of nitrogens with one attached hydrogen (secondary N) is 1. The Labute approximate surface area is 127 Å². The molecule has 22 heavy (non-hydrogen) atoms. The number of ether oxygens (including phenoxy) is 1. The van der Waals surface area contributed by atoms with Crippen molar-refractivity contribution in [2.24, 2.45) is 0 Å². The summed E-state index contributed by atoms with van der Waals surface area (Å²) in [6.07, 6.45) is 0. The highest BCUT2D eigenvalue weighted by molar-refractivity contribution is 5.83. The zero-order valence-corrected chi connectivity index (χ0v) is 12.5. The van der Waals surface area contributed by atoms with Crippen molar-refractivity contribution < 1.29 is 4.74 Å². The molecule has 5 heteroatoms.